The average Bonchev–Trinajstić information content (AvgIpc) is 2.88. The zero-order valence-corrected chi connectivity index (χ0v) is 19.7. The molecule has 1 saturated heterocycles. The summed E-state index contributed by atoms with van der Waals surface area (Å²) in [5, 5.41) is 15.6. The maximum Gasteiger partial charge on any atom is 0.396 e. The van der Waals surface area contributed by atoms with Crippen molar-refractivity contribution in [3.8, 4) is 11.1 Å². The van der Waals surface area contributed by atoms with Gasteiger partial charge in [0, 0.05) is 44.7 Å². The van der Waals surface area contributed by atoms with E-state index in [2.05, 4.69) is 20.3 Å². The van der Waals surface area contributed by atoms with Crippen LogP contribution in [0.15, 0.2) is 42.5 Å². The van der Waals surface area contributed by atoms with Gasteiger partial charge in [-0.3, -0.25) is 9.69 Å². The first kappa shape index (κ1) is 25.9. The van der Waals surface area contributed by atoms with Crippen LogP contribution in [0.5, 0.6) is 0 Å². The molecule has 35 heavy (non-hydrogen) atoms. The molecule has 1 aliphatic heterocycles. The van der Waals surface area contributed by atoms with E-state index in [9.17, 15) is 24.3 Å². The second-order valence-corrected chi connectivity index (χ2v) is 8.07. The van der Waals surface area contributed by atoms with Crippen LogP contribution in [0.3, 0.4) is 0 Å². The molecule has 0 aliphatic carbocycles. The van der Waals surface area contributed by atoms with Crippen LogP contribution in [0, 0.1) is 0 Å². The van der Waals surface area contributed by atoms with Crippen molar-refractivity contribution in [3.63, 3.8) is 0 Å². The lowest BCUT2D eigenvalue weighted by molar-refractivity contribution is -0.154. The van der Waals surface area contributed by atoms with Gasteiger partial charge in [0.05, 0.1) is 19.8 Å². The monoisotopic (exact) mass is 483 g/mol. The molecule has 1 fully saturated rings. The number of carboxylic acid groups (broad SMARTS) is 1. The number of benzene rings is 2. The molecular weight excluding hydrogens is 454 g/mol. The number of nitrogens with zero attached hydrogens (tertiary/aromatic N) is 1. The number of hydrogen-bond acceptors (Lipinski definition) is 8. The van der Waals surface area contributed by atoms with E-state index < -0.39 is 29.9 Å². The van der Waals surface area contributed by atoms with Crippen molar-refractivity contribution in [1.29, 1.82) is 0 Å². The molecule has 0 spiro atoms. The maximum absolute atomic E-state index is 12.5. The fraction of sp³-hybridized carbons (Fsp3) is 0.360. The summed E-state index contributed by atoms with van der Waals surface area (Å²) < 4.78 is 9.29. The minimum Gasteiger partial charge on any atom is -0.478 e. The number of methoxy groups -OCH3 is 2. The van der Waals surface area contributed by atoms with Crippen molar-refractivity contribution < 1.29 is 33.8 Å². The number of carboxylic acids is 1. The Morgan fingerprint density at radius 3 is 2.31 bits per heavy atom. The van der Waals surface area contributed by atoms with Gasteiger partial charge in [0.15, 0.2) is 0 Å². The van der Waals surface area contributed by atoms with E-state index in [1.54, 1.807) is 6.07 Å². The third-order valence-corrected chi connectivity index (χ3v) is 5.88. The van der Waals surface area contributed by atoms with Crippen molar-refractivity contribution in [2.45, 2.75) is 19.0 Å². The summed E-state index contributed by atoms with van der Waals surface area (Å²) in [4.78, 5) is 50.6. The molecule has 0 radical (unpaired) electrons. The highest BCUT2D eigenvalue weighted by molar-refractivity contribution is 6.32. The van der Waals surface area contributed by atoms with Gasteiger partial charge in [-0.05, 0) is 22.8 Å². The number of carbonyl (C=O) groups excluding carboxylic acids is 3. The molecule has 1 amide bonds. The highest BCUT2D eigenvalue weighted by Crippen LogP contribution is 2.32. The average molecular weight is 484 g/mol. The SMILES string of the molecule is COC(=O)C(=O)N[C@H](Cc1ccc(C(=O)O)c(-c2ccccc2)c1CN1CCNCC1)C(=O)OC. The minimum atomic E-state index is -1.17. The quantitative estimate of drug-likeness (QED) is 0.369. The number of rotatable bonds is 8. The zero-order chi connectivity index (χ0) is 25.4. The first-order valence-corrected chi connectivity index (χ1v) is 11.2. The number of aromatic carboxylic acids is 1. The largest absolute Gasteiger partial charge is 0.478 e. The summed E-state index contributed by atoms with van der Waals surface area (Å²) >= 11 is 0. The lowest BCUT2D eigenvalue weighted by Crippen LogP contribution is -2.46. The van der Waals surface area contributed by atoms with Crippen molar-refractivity contribution >= 4 is 23.8 Å². The third kappa shape index (κ3) is 6.43. The highest BCUT2D eigenvalue weighted by atomic mass is 16.5. The Labute approximate surface area is 203 Å². The normalized spacial score (nSPS) is 14.6. The number of carbonyl (C=O) groups is 4. The number of esters is 2. The molecule has 1 aliphatic rings. The van der Waals surface area contributed by atoms with Crippen LogP contribution in [0.4, 0.5) is 0 Å². The first-order chi connectivity index (χ1) is 16.8. The van der Waals surface area contributed by atoms with Crippen molar-refractivity contribution in [2.24, 2.45) is 0 Å². The second-order valence-electron chi connectivity index (χ2n) is 8.07. The minimum absolute atomic E-state index is 0.00341. The van der Waals surface area contributed by atoms with Crippen LogP contribution in [0.2, 0.25) is 0 Å². The molecule has 3 N–H and O–H groups in total. The molecule has 10 nitrogen and oxygen atoms in total. The third-order valence-electron chi connectivity index (χ3n) is 5.88. The molecule has 3 rings (SSSR count). The maximum atomic E-state index is 12.5. The smallest absolute Gasteiger partial charge is 0.396 e. The van der Waals surface area contributed by atoms with Crippen LogP contribution in [-0.4, -0.2) is 80.3 Å². The summed E-state index contributed by atoms with van der Waals surface area (Å²) in [6.07, 6.45) is -0.00341. The van der Waals surface area contributed by atoms with Crippen molar-refractivity contribution in [3.05, 3.63) is 59.2 Å². The lowest BCUT2D eigenvalue weighted by Gasteiger charge is -2.30. The van der Waals surface area contributed by atoms with Gasteiger partial charge in [0.25, 0.3) is 0 Å². The van der Waals surface area contributed by atoms with Crippen LogP contribution < -0.4 is 10.6 Å². The van der Waals surface area contributed by atoms with Crippen LogP contribution in [-0.2, 0) is 36.8 Å². The molecule has 2 aromatic carbocycles. The Morgan fingerprint density at radius 2 is 1.71 bits per heavy atom. The number of ether oxygens (including phenoxy) is 2. The summed E-state index contributed by atoms with van der Waals surface area (Å²) in [6, 6.07) is 11.2. The predicted molar refractivity (Wildman–Crippen MR) is 127 cm³/mol. The summed E-state index contributed by atoms with van der Waals surface area (Å²) in [5.74, 6) is -4.01. The Hall–Kier alpha value is -3.76. The van der Waals surface area contributed by atoms with E-state index >= 15 is 0 Å². The number of amides is 1. The molecule has 1 heterocycles. The Bertz CT molecular complexity index is 1080. The molecule has 0 bridgehead atoms. The van der Waals surface area contributed by atoms with E-state index in [1.165, 1.54) is 13.2 Å². The van der Waals surface area contributed by atoms with Gasteiger partial charge in [-0.1, -0.05) is 36.4 Å². The molecule has 1 atom stereocenters. The number of hydrogen-bond donors (Lipinski definition) is 3. The summed E-state index contributed by atoms with van der Waals surface area (Å²) in [7, 11) is 2.25. The highest BCUT2D eigenvalue weighted by Gasteiger charge is 2.29. The summed E-state index contributed by atoms with van der Waals surface area (Å²) in [5.41, 5.74) is 2.81. The molecule has 10 heteroatoms. The van der Waals surface area contributed by atoms with E-state index in [1.807, 2.05) is 30.3 Å². The van der Waals surface area contributed by atoms with Gasteiger partial charge >= 0.3 is 23.8 Å². The molecule has 2 aromatic rings. The molecule has 0 saturated carbocycles. The van der Waals surface area contributed by atoms with Gasteiger partial charge in [-0.2, -0.15) is 0 Å². The van der Waals surface area contributed by atoms with Gasteiger partial charge in [-0.25, -0.2) is 14.4 Å². The molecule has 0 unspecified atom stereocenters. The topological polar surface area (TPSA) is 134 Å². The van der Waals surface area contributed by atoms with E-state index in [4.69, 9.17) is 4.74 Å². The fourth-order valence-electron chi connectivity index (χ4n) is 4.13. The van der Waals surface area contributed by atoms with Gasteiger partial charge in [-0.15, -0.1) is 0 Å². The molecule has 186 valence electrons. The van der Waals surface area contributed by atoms with Crippen molar-refractivity contribution in [2.75, 3.05) is 40.4 Å². The summed E-state index contributed by atoms with van der Waals surface area (Å²) in [6.45, 7) is 3.58. The Morgan fingerprint density at radius 1 is 1.03 bits per heavy atom. The van der Waals surface area contributed by atoms with Crippen molar-refractivity contribution in [1.82, 2.24) is 15.5 Å². The second kappa shape index (κ2) is 12.1. The molecular formula is C25H29N3O7. The first-order valence-electron chi connectivity index (χ1n) is 11.2. The Balaban J connectivity index is 2.11. The van der Waals surface area contributed by atoms with Crippen LogP contribution in [0.1, 0.15) is 21.5 Å². The predicted octanol–water partition coefficient (Wildman–Crippen LogP) is 0.830. The van der Waals surface area contributed by atoms with Gasteiger partial charge in [0.1, 0.15) is 6.04 Å². The lowest BCUT2D eigenvalue weighted by atomic mass is 9.88. The van der Waals surface area contributed by atoms with E-state index in [-0.39, 0.29) is 12.0 Å². The van der Waals surface area contributed by atoms with Crippen LogP contribution in [0.25, 0.3) is 11.1 Å². The fourth-order valence-corrected chi connectivity index (χ4v) is 4.13. The standard InChI is InChI=1S/C25H29N3O7/c1-34-24(32)20(27-22(29)25(33)35-2)14-17-8-9-18(23(30)31)21(16-6-4-3-5-7-16)19(17)15-28-12-10-26-11-13-28/h3-9,20,26H,10-15H2,1-2H3,(H,27,29)(H,30,31)/t20-/m1/s1. The van der Waals surface area contributed by atoms with E-state index in [0.717, 1.165) is 44.4 Å². The van der Waals surface area contributed by atoms with Gasteiger partial charge in [0.2, 0.25) is 0 Å². The van der Waals surface area contributed by atoms with Gasteiger partial charge < -0.3 is 25.2 Å². The molecule has 0 aromatic heterocycles. The van der Waals surface area contributed by atoms with Crippen LogP contribution >= 0.6 is 0 Å². The zero-order valence-electron chi connectivity index (χ0n) is 19.7. The number of piperazine rings is 1. The Kier molecular flexibility index (Phi) is 8.93. The number of nitrogens with one attached hydrogen (secondary N) is 2. The van der Waals surface area contributed by atoms with E-state index in [0.29, 0.717) is 17.7 Å².